The second-order valence-electron chi connectivity index (χ2n) is 22.2. The predicted molar refractivity (Wildman–Crippen MR) is 328 cm³/mol. The van der Waals surface area contributed by atoms with E-state index in [-0.39, 0.29) is 115 Å². The maximum Gasteiger partial charge on any atom is 0.370 e. The van der Waals surface area contributed by atoms with Crippen molar-refractivity contribution >= 4 is 123 Å². The number of hydrogen-bond acceptors (Lipinski definition) is 20. The van der Waals surface area contributed by atoms with Gasteiger partial charge in [0.15, 0.2) is 12.3 Å². The second kappa shape index (κ2) is 25.9. The van der Waals surface area contributed by atoms with Crippen LogP contribution in [0.3, 0.4) is 0 Å². The van der Waals surface area contributed by atoms with Gasteiger partial charge in [-0.1, -0.05) is 12.1 Å². The number of rotatable bonds is 26. The van der Waals surface area contributed by atoms with Gasteiger partial charge in [0.25, 0.3) is 72.5 Å². The molecule has 492 valence electrons. The standard InChI is InChI=1S/C57H63N3O25S6/c1-34-27-37(84-33-52(63)85-60-50(61)17-18-51(60)62)28-35(2)53(34)36(9-15-48-56(3,19-23-82-5)54-42-29-38(88(70,71)72)31-46(90(76,77)78)40(42)11-13-44(54)58(48)21-7-25-86(64,65)66)10-16-49-57(4,20-24-83-6)55-43-30-39(89(73,74)75)32-47(91(79,80)81)41(43)12-14-45(55)59(49)22-8-26-87(67,68)69/h9-16,27-32H,7-8,17-26,33H2,1-6H3,(H5-,64,65,66,67,68,69,70,71,72,73,74,75,76,77,78,79,80,81)/p+1. The van der Waals surface area contributed by atoms with Crippen molar-refractivity contribution in [2.24, 2.45) is 0 Å². The molecule has 0 saturated carbocycles. The SMILES string of the molecule is COCCC1(C)C(/C=C/C(=C/C=C2/N(CCCS(=O)(=O)O)c3ccc4c(S(=O)(=O)O)cc(S(=O)(=O)O)cc4c3C2(C)CCOC)c2c(C)cc(OCC(=O)ON3C(=O)CCC3=O)cc2C)=[N+](CCCS(=O)(=O)O)c2ccc3c(S(=O)(=O)O)cc(S(=O)(=O)O)cc3c21. The zero-order valence-corrected chi connectivity index (χ0v) is 54.4. The Morgan fingerprint density at radius 3 is 1.65 bits per heavy atom. The summed E-state index contributed by atoms with van der Waals surface area (Å²) in [6.07, 6.45) is 5.68. The third-order valence-electron chi connectivity index (χ3n) is 16.0. The van der Waals surface area contributed by atoms with Gasteiger partial charge in [-0.05, 0) is 146 Å². The van der Waals surface area contributed by atoms with Crippen LogP contribution in [-0.4, -0.2) is 170 Å². The van der Waals surface area contributed by atoms with E-state index in [1.807, 2.05) is 0 Å². The molecule has 34 heteroatoms. The summed E-state index contributed by atoms with van der Waals surface area (Å²) < 4.78 is 233. The van der Waals surface area contributed by atoms with Gasteiger partial charge in [-0.25, -0.2) is 4.79 Å². The summed E-state index contributed by atoms with van der Waals surface area (Å²) in [7, 11) is -27.3. The Hall–Kier alpha value is -6.90. The Bertz CT molecular complexity index is 4700. The number of anilines is 1. The number of imide groups is 1. The minimum absolute atomic E-state index is 0.0122. The Kier molecular flexibility index (Phi) is 19.9. The molecule has 5 aromatic carbocycles. The third kappa shape index (κ3) is 15.0. The summed E-state index contributed by atoms with van der Waals surface area (Å²) >= 11 is 0. The Morgan fingerprint density at radius 2 is 1.14 bits per heavy atom. The lowest BCUT2D eigenvalue weighted by Crippen LogP contribution is -2.33. The molecule has 28 nitrogen and oxygen atoms in total. The summed E-state index contributed by atoms with van der Waals surface area (Å²) in [5.74, 6) is -3.97. The third-order valence-corrected chi connectivity index (χ3v) is 21.1. The molecule has 5 aromatic rings. The molecule has 8 rings (SSSR count). The van der Waals surface area contributed by atoms with Gasteiger partial charge in [-0.15, -0.1) is 5.06 Å². The van der Waals surface area contributed by atoms with Gasteiger partial charge in [-0.2, -0.15) is 55.1 Å². The number of aryl methyl sites for hydroxylation is 2. The first-order valence-corrected chi connectivity index (χ1v) is 36.5. The van der Waals surface area contributed by atoms with Gasteiger partial charge in [0.1, 0.15) is 22.1 Å². The first kappa shape index (κ1) is 70.0. The first-order valence-electron chi connectivity index (χ1n) is 27.5. The molecule has 2 unspecified atom stereocenters. The lowest BCUT2D eigenvalue weighted by atomic mass is 9.74. The number of nitrogens with zero attached hydrogens (tertiary/aromatic N) is 3. The van der Waals surface area contributed by atoms with Crippen molar-refractivity contribution in [3.8, 4) is 5.75 Å². The highest BCUT2D eigenvalue weighted by molar-refractivity contribution is 7.87. The van der Waals surface area contributed by atoms with Crippen LogP contribution in [-0.2, 0) is 100 Å². The number of ether oxygens (including phenoxy) is 3. The van der Waals surface area contributed by atoms with Crippen LogP contribution < -0.4 is 9.64 Å². The van der Waals surface area contributed by atoms with Crippen LogP contribution in [0, 0.1) is 13.8 Å². The smallest absolute Gasteiger partial charge is 0.370 e. The molecule has 0 bridgehead atoms. The number of carbonyl (C=O) groups excluding carboxylic acids is 3. The molecule has 0 aromatic heterocycles. The van der Waals surface area contributed by atoms with E-state index in [9.17, 15) is 92.2 Å². The minimum atomic E-state index is -5.23. The van der Waals surface area contributed by atoms with Crippen LogP contribution >= 0.6 is 0 Å². The van der Waals surface area contributed by atoms with Crippen molar-refractivity contribution in [3.05, 3.63) is 118 Å². The summed E-state index contributed by atoms with van der Waals surface area (Å²) in [6, 6.07) is 11.7. The van der Waals surface area contributed by atoms with Gasteiger partial charge >= 0.3 is 5.97 Å². The molecule has 1 saturated heterocycles. The number of benzene rings is 5. The van der Waals surface area contributed by atoms with Crippen molar-refractivity contribution in [2.45, 2.75) is 96.6 Å². The number of carbonyl (C=O) groups is 3. The first-order chi connectivity index (χ1) is 42.1. The van der Waals surface area contributed by atoms with E-state index >= 15 is 0 Å². The van der Waals surface area contributed by atoms with Crippen molar-refractivity contribution in [2.75, 3.05) is 63.5 Å². The highest BCUT2D eigenvalue weighted by Crippen LogP contribution is 2.54. The number of fused-ring (bicyclic) bond motifs is 6. The molecule has 3 aliphatic heterocycles. The molecule has 0 aliphatic carbocycles. The van der Waals surface area contributed by atoms with Crippen LogP contribution in [0.1, 0.15) is 80.2 Å². The molecule has 3 heterocycles. The van der Waals surface area contributed by atoms with Crippen LogP contribution in [0.5, 0.6) is 5.75 Å². The molecule has 2 atom stereocenters. The van der Waals surface area contributed by atoms with Crippen LogP contribution in [0.2, 0.25) is 0 Å². The molecule has 0 spiro atoms. The van der Waals surface area contributed by atoms with Gasteiger partial charge in [-0.3, -0.25) is 36.9 Å². The van der Waals surface area contributed by atoms with E-state index in [2.05, 4.69) is 0 Å². The quantitative estimate of drug-likeness (QED) is 0.0163. The zero-order chi connectivity index (χ0) is 67.4. The van der Waals surface area contributed by atoms with Gasteiger partial charge in [0.05, 0.1) is 26.7 Å². The topological polar surface area (TPSA) is 424 Å². The maximum atomic E-state index is 13.0. The highest BCUT2D eigenvalue weighted by atomic mass is 32.2. The number of allylic oxidation sites excluding steroid dienone is 6. The number of hydroxylamine groups is 2. The zero-order valence-electron chi connectivity index (χ0n) is 49.5. The molecule has 0 radical (unpaired) electrons. The number of hydrogen-bond donors (Lipinski definition) is 6. The monoisotopic (exact) mass is 1380 g/mol. The van der Waals surface area contributed by atoms with Gasteiger partial charge in [0, 0.05) is 98.5 Å². The highest BCUT2D eigenvalue weighted by Gasteiger charge is 2.50. The maximum absolute atomic E-state index is 13.0. The Morgan fingerprint density at radius 1 is 0.637 bits per heavy atom. The Balaban J connectivity index is 1.43. The molecular weight excluding hydrogens is 1320 g/mol. The van der Waals surface area contributed by atoms with Crippen molar-refractivity contribution in [1.82, 2.24) is 5.06 Å². The van der Waals surface area contributed by atoms with E-state index in [0.717, 1.165) is 12.1 Å². The summed E-state index contributed by atoms with van der Waals surface area (Å²) in [4.78, 5) is 40.4. The number of methoxy groups -OCH3 is 2. The molecule has 3 aliphatic rings. The van der Waals surface area contributed by atoms with Crippen molar-refractivity contribution in [3.63, 3.8) is 0 Å². The van der Waals surface area contributed by atoms with Crippen molar-refractivity contribution < 1.29 is 116 Å². The average molecular weight is 1380 g/mol. The summed E-state index contributed by atoms with van der Waals surface area (Å²) in [5, 5.41) is -0.182. The molecule has 6 N–H and O–H groups in total. The van der Waals surface area contributed by atoms with E-state index < -0.39 is 127 Å². The van der Waals surface area contributed by atoms with E-state index in [1.54, 1.807) is 61.5 Å². The van der Waals surface area contributed by atoms with Crippen LogP contribution in [0.15, 0.2) is 110 Å². The molecule has 1 fully saturated rings. The lowest BCUT2D eigenvalue weighted by Gasteiger charge is -2.31. The normalized spacial score (nSPS) is 19.0. The van der Waals surface area contributed by atoms with Gasteiger partial charge < -0.3 is 23.9 Å². The van der Waals surface area contributed by atoms with Crippen LogP contribution in [0.25, 0.3) is 27.1 Å². The van der Waals surface area contributed by atoms with E-state index in [0.29, 0.717) is 50.9 Å². The number of amides is 2. The summed E-state index contributed by atoms with van der Waals surface area (Å²) in [6.45, 7) is 5.48. The van der Waals surface area contributed by atoms with Crippen LogP contribution in [0.4, 0.5) is 11.4 Å². The van der Waals surface area contributed by atoms with E-state index in [4.69, 9.17) is 19.0 Å². The molecule has 2 amide bonds. The largest absolute Gasteiger partial charge is 0.482 e. The molecule has 91 heavy (non-hydrogen) atoms. The van der Waals surface area contributed by atoms with Crippen molar-refractivity contribution in [1.29, 1.82) is 0 Å². The Labute approximate surface area is 524 Å². The lowest BCUT2D eigenvalue weighted by molar-refractivity contribution is -0.437. The minimum Gasteiger partial charge on any atom is -0.482 e. The fourth-order valence-electron chi connectivity index (χ4n) is 12.1. The fourth-order valence-corrected chi connectivity index (χ4v) is 15.7. The summed E-state index contributed by atoms with van der Waals surface area (Å²) in [5.41, 5.74) is 0.388. The molecular formula is C57H64N3O25S6+. The second-order valence-corrected chi connectivity index (χ2v) is 31.0. The average Bonchev–Trinajstić information content (AvgIpc) is 1.60. The van der Waals surface area contributed by atoms with E-state index in [1.165, 1.54) is 50.6 Å². The fraction of sp³-hybridized carbons (Fsp3) is 0.368. The predicted octanol–water partition coefficient (Wildman–Crippen LogP) is 5.87. The van der Waals surface area contributed by atoms with Gasteiger partial charge in [0.2, 0.25) is 5.69 Å².